The second kappa shape index (κ2) is 3.02. The van der Waals surface area contributed by atoms with Crippen LogP contribution in [0.25, 0.3) is 11.7 Å². The van der Waals surface area contributed by atoms with Gasteiger partial charge in [0, 0.05) is 0 Å². The molecule has 0 aromatic carbocycles. The molecule has 1 N–H and O–H groups in total. The van der Waals surface area contributed by atoms with Gasteiger partial charge in [0.25, 0.3) is 5.89 Å². The standard InChI is InChI=1S/C9H7NO4/c1-5-7(11)10-8(14-9(5)12)6-3-2-4-13-6/h2-4,11H,1H3. The number of nitrogens with zero attached hydrogens (tertiary/aromatic N) is 1. The lowest BCUT2D eigenvalue weighted by Crippen LogP contribution is -2.05. The van der Waals surface area contributed by atoms with Crippen LogP contribution in [0, 0.1) is 6.92 Å². The molecule has 0 saturated carbocycles. The molecular weight excluding hydrogens is 186 g/mol. The molecule has 0 atom stereocenters. The Bertz CT molecular complexity index is 498. The third kappa shape index (κ3) is 1.28. The van der Waals surface area contributed by atoms with Crippen molar-refractivity contribution < 1.29 is 13.9 Å². The molecule has 0 aliphatic heterocycles. The van der Waals surface area contributed by atoms with E-state index in [0.717, 1.165) is 0 Å². The Morgan fingerprint density at radius 1 is 1.50 bits per heavy atom. The topological polar surface area (TPSA) is 76.5 Å². The van der Waals surface area contributed by atoms with Gasteiger partial charge in [0.2, 0.25) is 5.88 Å². The summed E-state index contributed by atoms with van der Waals surface area (Å²) in [5.41, 5.74) is -0.538. The van der Waals surface area contributed by atoms with Crippen molar-refractivity contribution in [2.75, 3.05) is 0 Å². The van der Waals surface area contributed by atoms with Crippen molar-refractivity contribution in [2.24, 2.45) is 0 Å². The highest BCUT2D eigenvalue weighted by molar-refractivity contribution is 5.44. The fraction of sp³-hybridized carbons (Fsp3) is 0.111. The van der Waals surface area contributed by atoms with Gasteiger partial charge >= 0.3 is 5.63 Å². The van der Waals surface area contributed by atoms with Crippen LogP contribution in [0.2, 0.25) is 0 Å². The van der Waals surface area contributed by atoms with E-state index in [0.29, 0.717) is 5.76 Å². The van der Waals surface area contributed by atoms with Crippen LogP contribution in [0.5, 0.6) is 5.88 Å². The first-order valence-electron chi connectivity index (χ1n) is 3.93. The molecule has 14 heavy (non-hydrogen) atoms. The molecule has 0 amide bonds. The van der Waals surface area contributed by atoms with Gasteiger partial charge in [0.15, 0.2) is 5.76 Å². The molecule has 0 saturated heterocycles. The summed E-state index contributed by atoms with van der Waals surface area (Å²) < 4.78 is 9.78. The maximum atomic E-state index is 11.1. The molecule has 72 valence electrons. The van der Waals surface area contributed by atoms with Gasteiger partial charge in [0.05, 0.1) is 11.8 Å². The molecule has 2 aromatic heterocycles. The van der Waals surface area contributed by atoms with Crippen molar-refractivity contribution in [2.45, 2.75) is 6.92 Å². The molecule has 0 fully saturated rings. The number of hydrogen-bond donors (Lipinski definition) is 1. The van der Waals surface area contributed by atoms with Crippen LogP contribution in [0.1, 0.15) is 5.56 Å². The number of aromatic hydroxyl groups is 1. The first-order valence-corrected chi connectivity index (χ1v) is 3.93. The fourth-order valence-corrected chi connectivity index (χ4v) is 0.964. The Balaban J connectivity index is 2.63. The Morgan fingerprint density at radius 2 is 2.29 bits per heavy atom. The van der Waals surface area contributed by atoms with E-state index in [9.17, 15) is 9.90 Å². The maximum absolute atomic E-state index is 11.1. The molecular formula is C9H7NO4. The fourth-order valence-electron chi connectivity index (χ4n) is 0.964. The highest BCUT2D eigenvalue weighted by atomic mass is 16.4. The third-order valence-corrected chi connectivity index (χ3v) is 1.77. The summed E-state index contributed by atoms with van der Waals surface area (Å²) >= 11 is 0. The monoisotopic (exact) mass is 193 g/mol. The summed E-state index contributed by atoms with van der Waals surface area (Å²) in [6, 6.07) is 3.22. The second-order valence-electron chi connectivity index (χ2n) is 2.73. The lowest BCUT2D eigenvalue weighted by atomic mass is 10.3. The molecule has 0 spiro atoms. The SMILES string of the molecule is Cc1c(O)nc(-c2ccco2)oc1=O. The Kier molecular flexibility index (Phi) is 1.85. The van der Waals surface area contributed by atoms with Crippen molar-refractivity contribution in [3.63, 3.8) is 0 Å². The average molecular weight is 193 g/mol. The highest BCUT2D eigenvalue weighted by Crippen LogP contribution is 2.19. The Labute approximate surface area is 78.6 Å². The summed E-state index contributed by atoms with van der Waals surface area (Å²) in [5.74, 6) is -0.0619. The molecule has 0 aliphatic rings. The summed E-state index contributed by atoms with van der Waals surface area (Å²) in [7, 11) is 0. The lowest BCUT2D eigenvalue weighted by molar-refractivity contribution is 0.406. The van der Waals surface area contributed by atoms with Crippen LogP contribution in [0.3, 0.4) is 0 Å². The van der Waals surface area contributed by atoms with Crippen LogP contribution in [0.4, 0.5) is 0 Å². The van der Waals surface area contributed by atoms with Crippen LogP contribution >= 0.6 is 0 Å². The first-order chi connectivity index (χ1) is 6.68. The third-order valence-electron chi connectivity index (χ3n) is 1.77. The maximum Gasteiger partial charge on any atom is 0.346 e. The van der Waals surface area contributed by atoms with Crippen molar-refractivity contribution in [3.05, 3.63) is 34.4 Å². The van der Waals surface area contributed by atoms with Crippen LogP contribution in [0.15, 0.2) is 32.0 Å². The minimum absolute atomic E-state index is 0.0249. The van der Waals surface area contributed by atoms with Gasteiger partial charge in [-0.1, -0.05) is 0 Å². The summed E-state index contributed by atoms with van der Waals surface area (Å²) in [4.78, 5) is 14.8. The van der Waals surface area contributed by atoms with Crippen molar-refractivity contribution in [1.29, 1.82) is 0 Å². The Hall–Kier alpha value is -2.04. The zero-order valence-corrected chi connectivity index (χ0v) is 7.35. The number of furan rings is 1. The van der Waals surface area contributed by atoms with Gasteiger partial charge in [-0.2, -0.15) is 4.98 Å². The molecule has 2 aromatic rings. The van der Waals surface area contributed by atoms with E-state index in [1.807, 2.05) is 0 Å². The zero-order valence-electron chi connectivity index (χ0n) is 7.35. The van der Waals surface area contributed by atoms with Crippen molar-refractivity contribution in [1.82, 2.24) is 4.98 Å². The molecule has 0 bridgehead atoms. The van der Waals surface area contributed by atoms with Crippen molar-refractivity contribution >= 4 is 0 Å². The lowest BCUT2D eigenvalue weighted by Gasteiger charge is -1.97. The van der Waals surface area contributed by atoms with E-state index in [1.165, 1.54) is 13.2 Å². The minimum atomic E-state index is -0.621. The number of hydrogen-bond acceptors (Lipinski definition) is 5. The van der Waals surface area contributed by atoms with E-state index in [4.69, 9.17) is 8.83 Å². The van der Waals surface area contributed by atoms with Gasteiger partial charge in [0.1, 0.15) is 0 Å². The molecule has 2 heterocycles. The predicted octanol–water partition coefficient (Wildman–Crippen LogP) is 1.31. The number of aromatic nitrogens is 1. The van der Waals surface area contributed by atoms with Gasteiger partial charge < -0.3 is 13.9 Å². The summed E-state index contributed by atoms with van der Waals surface area (Å²) in [5, 5.41) is 9.27. The van der Waals surface area contributed by atoms with Gasteiger partial charge in [-0.15, -0.1) is 0 Å². The van der Waals surface area contributed by atoms with E-state index in [-0.39, 0.29) is 17.3 Å². The molecule has 0 unspecified atom stereocenters. The molecule has 2 rings (SSSR count). The summed E-state index contributed by atoms with van der Waals surface area (Å²) in [6.07, 6.45) is 1.42. The minimum Gasteiger partial charge on any atom is -0.493 e. The van der Waals surface area contributed by atoms with Crippen molar-refractivity contribution in [3.8, 4) is 17.5 Å². The van der Waals surface area contributed by atoms with Crippen LogP contribution in [-0.4, -0.2) is 10.1 Å². The zero-order chi connectivity index (χ0) is 10.1. The van der Waals surface area contributed by atoms with E-state index < -0.39 is 5.63 Å². The smallest absolute Gasteiger partial charge is 0.346 e. The quantitative estimate of drug-likeness (QED) is 0.738. The first kappa shape index (κ1) is 8.55. The van der Waals surface area contributed by atoms with Gasteiger partial charge in [-0.05, 0) is 19.1 Å². The molecule has 5 nitrogen and oxygen atoms in total. The molecule has 0 aliphatic carbocycles. The molecule has 0 radical (unpaired) electrons. The van der Waals surface area contributed by atoms with Crippen LogP contribution in [-0.2, 0) is 0 Å². The van der Waals surface area contributed by atoms with Gasteiger partial charge in [-0.3, -0.25) is 0 Å². The normalized spacial score (nSPS) is 10.4. The van der Waals surface area contributed by atoms with E-state index in [1.54, 1.807) is 12.1 Å². The van der Waals surface area contributed by atoms with Gasteiger partial charge in [-0.25, -0.2) is 4.79 Å². The Morgan fingerprint density at radius 3 is 2.86 bits per heavy atom. The van der Waals surface area contributed by atoms with Crippen LogP contribution < -0.4 is 5.63 Å². The largest absolute Gasteiger partial charge is 0.493 e. The van der Waals surface area contributed by atoms with E-state index in [2.05, 4.69) is 4.98 Å². The number of rotatable bonds is 1. The molecule has 5 heteroatoms. The average Bonchev–Trinajstić information content (AvgIpc) is 2.66. The predicted molar refractivity (Wildman–Crippen MR) is 46.9 cm³/mol. The summed E-state index contributed by atoms with van der Waals surface area (Å²) in [6.45, 7) is 1.43. The highest BCUT2D eigenvalue weighted by Gasteiger charge is 2.11. The second-order valence-corrected chi connectivity index (χ2v) is 2.73. The van der Waals surface area contributed by atoms with E-state index >= 15 is 0 Å².